The van der Waals surface area contributed by atoms with E-state index in [1.54, 1.807) is 12.1 Å². The van der Waals surface area contributed by atoms with E-state index in [2.05, 4.69) is 10.3 Å². The molecule has 5 heteroatoms. The number of benzene rings is 3. The Morgan fingerprint density at radius 3 is 2.51 bits per heavy atom. The van der Waals surface area contributed by atoms with Gasteiger partial charge in [0.15, 0.2) is 5.75 Å². The zero-order valence-corrected chi connectivity index (χ0v) is 19.8. The summed E-state index contributed by atoms with van der Waals surface area (Å²) in [4.78, 5) is 17.6. The Morgan fingerprint density at radius 2 is 1.71 bits per heavy atom. The number of amides is 1. The highest BCUT2D eigenvalue weighted by atomic mass is 19.1. The Kier molecular flexibility index (Phi) is 6.75. The fourth-order valence-electron chi connectivity index (χ4n) is 5.16. The summed E-state index contributed by atoms with van der Waals surface area (Å²) in [5, 5.41) is 3.99. The third-order valence-corrected chi connectivity index (χ3v) is 7.19. The van der Waals surface area contributed by atoms with Crippen molar-refractivity contribution in [1.82, 2.24) is 4.98 Å². The number of hydrogen-bond donors (Lipinski definition) is 1. The number of para-hydroxylation sites is 3. The van der Waals surface area contributed by atoms with Crippen LogP contribution in [0.4, 0.5) is 10.1 Å². The summed E-state index contributed by atoms with van der Waals surface area (Å²) in [6, 6.07) is 23.9. The summed E-state index contributed by atoms with van der Waals surface area (Å²) in [7, 11) is 0. The van der Waals surface area contributed by atoms with Gasteiger partial charge in [0.05, 0.1) is 11.2 Å². The molecule has 0 unspecified atom stereocenters. The lowest BCUT2D eigenvalue weighted by molar-refractivity contribution is -0.121. The standard InChI is InChI=1S/C30H29FN2O2/c1-20(30(34)33-28-9-5-6-10-29(28)35-24-7-3-2-4-8-24)21-11-13-22(14-12-21)25-17-18-32-27-16-15-23(31)19-26(25)27/h2-10,15-22H,11-14H2,1H3,(H,33,34)/t20-,21?,22?/m1/s1. The first-order valence-corrected chi connectivity index (χ1v) is 12.3. The molecule has 0 bridgehead atoms. The molecule has 35 heavy (non-hydrogen) atoms. The van der Waals surface area contributed by atoms with Gasteiger partial charge >= 0.3 is 0 Å². The number of carbonyl (C=O) groups excluding carboxylic acids is 1. The van der Waals surface area contributed by atoms with E-state index in [-0.39, 0.29) is 17.6 Å². The minimum atomic E-state index is -0.234. The first-order chi connectivity index (χ1) is 17.1. The summed E-state index contributed by atoms with van der Waals surface area (Å²) in [6.45, 7) is 2.01. The van der Waals surface area contributed by atoms with Crippen molar-refractivity contribution in [1.29, 1.82) is 0 Å². The molecule has 1 amide bonds. The van der Waals surface area contributed by atoms with Crippen LogP contribution in [0.25, 0.3) is 10.9 Å². The number of nitrogens with zero attached hydrogens (tertiary/aromatic N) is 1. The van der Waals surface area contributed by atoms with E-state index in [1.165, 1.54) is 6.07 Å². The monoisotopic (exact) mass is 468 g/mol. The van der Waals surface area contributed by atoms with Gasteiger partial charge in [0.2, 0.25) is 5.91 Å². The van der Waals surface area contributed by atoms with Crippen LogP contribution in [0.5, 0.6) is 11.5 Å². The number of hydrogen-bond acceptors (Lipinski definition) is 3. The fourth-order valence-corrected chi connectivity index (χ4v) is 5.16. The average Bonchev–Trinajstić information content (AvgIpc) is 2.89. The van der Waals surface area contributed by atoms with E-state index >= 15 is 0 Å². The smallest absolute Gasteiger partial charge is 0.227 e. The second-order valence-corrected chi connectivity index (χ2v) is 9.36. The van der Waals surface area contributed by atoms with Gasteiger partial charge in [-0.15, -0.1) is 0 Å². The van der Waals surface area contributed by atoms with Crippen molar-refractivity contribution < 1.29 is 13.9 Å². The molecule has 1 aliphatic rings. The van der Waals surface area contributed by atoms with Gasteiger partial charge in [-0.3, -0.25) is 9.78 Å². The topological polar surface area (TPSA) is 51.2 Å². The molecular formula is C30H29FN2O2. The van der Waals surface area contributed by atoms with Crippen LogP contribution in [0.3, 0.4) is 0 Å². The molecule has 178 valence electrons. The lowest BCUT2D eigenvalue weighted by Crippen LogP contribution is -2.29. The highest BCUT2D eigenvalue weighted by Crippen LogP contribution is 2.41. The second-order valence-electron chi connectivity index (χ2n) is 9.36. The normalized spacial score (nSPS) is 18.7. The van der Waals surface area contributed by atoms with Gasteiger partial charge in [0, 0.05) is 17.5 Å². The fraction of sp³-hybridized carbons (Fsp3) is 0.267. The number of fused-ring (bicyclic) bond motifs is 1. The van der Waals surface area contributed by atoms with E-state index in [4.69, 9.17) is 4.74 Å². The summed E-state index contributed by atoms with van der Waals surface area (Å²) >= 11 is 0. The Bertz CT molecular complexity index is 1320. The molecule has 0 aliphatic heterocycles. The van der Waals surface area contributed by atoms with Crippen LogP contribution >= 0.6 is 0 Å². The molecule has 0 spiro atoms. The molecule has 0 saturated heterocycles. The summed E-state index contributed by atoms with van der Waals surface area (Å²) in [6.07, 6.45) is 5.69. The summed E-state index contributed by atoms with van der Waals surface area (Å²) in [5.74, 6) is 1.67. The quantitative estimate of drug-likeness (QED) is 0.315. The van der Waals surface area contributed by atoms with Gasteiger partial charge in [-0.1, -0.05) is 37.3 Å². The molecule has 1 saturated carbocycles. The number of anilines is 1. The van der Waals surface area contributed by atoms with Crippen LogP contribution in [0.2, 0.25) is 0 Å². The molecule has 5 rings (SSSR count). The Hall–Kier alpha value is -3.73. The predicted octanol–water partition coefficient (Wildman–Crippen LogP) is 7.71. The molecule has 1 fully saturated rings. The molecule has 4 nitrogen and oxygen atoms in total. The van der Waals surface area contributed by atoms with E-state index in [0.717, 1.165) is 47.9 Å². The van der Waals surface area contributed by atoms with Crippen LogP contribution in [0.1, 0.15) is 44.1 Å². The molecule has 3 aromatic carbocycles. The van der Waals surface area contributed by atoms with E-state index in [1.807, 2.05) is 73.8 Å². The predicted molar refractivity (Wildman–Crippen MR) is 137 cm³/mol. The summed E-state index contributed by atoms with van der Waals surface area (Å²) < 4.78 is 19.9. The first kappa shape index (κ1) is 23.0. The van der Waals surface area contributed by atoms with Gasteiger partial charge in [0.1, 0.15) is 11.6 Å². The Labute approximate surface area is 205 Å². The highest BCUT2D eigenvalue weighted by molar-refractivity contribution is 5.94. The molecule has 0 radical (unpaired) electrons. The number of ether oxygens (including phenoxy) is 1. The van der Waals surface area contributed by atoms with Gasteiger partial charge < -0.3 is 10.1 Å². The molecule has 1 atom stereocenters. The maximum absolute atomic E-state index is 13.9. The number of rotatable bonds is 6. The van der Waals surface area contributed by atoms with Crippen molar-refractivity contribution in [3.63, 3.8) is 0 Å². The van der Waals surface area contributed by atoms with Crippen molar-refractivity contribution in [2.45, 2.75) is 38.5 Å². The van der Waals surface area contributed by atoms with Crippen molar-refractivity contribution >= 4 is 22.5 Å². The van der Waals surface area contributed by atoms with Crippen molar-refractivity contribution in [2.75, 3.05) is 5.32 Å². The number of aromatic nitrogens is 1. The van der Waals surface area contributed by atoms with E-state index in [9.17, 15) is 9.18 Å². The molecular weight excluding hydrogens is 439 g/mol. The SMILES string of the molecule is C[C@@H](C(=O)Nc1ccccc1Oc1ccccc1)C1CCC(c2ccnc3ccc(F)cc23)CC1. The Balaban J connectivity index is 1.23. The van der Waals surface area contributed by atoms with Crippen LogP contribution in [0, 0.1) is 17.7 Å². The second kappa shape index (κ2) is 10.3. The molecule has 1 N–H and O–H groups in total. The number of pyridine rings is 1. The Morgan fingerprint density at radius 1 is 0.971 bits per heavy atom. The maximum atomic E-state index is 13.9. The van der Waals surface area contributed by atoms with Crippen molar-refractivity contribution in [3.8, 4) is 11.5 Å². The van der Waals surface area contributed by atoms with Crippen LogP contribution < -0.4 is 10.1 Å². The lowest BCUT2D eigenvalue weighted by atomic mass is 9.73. The molecule has 1 aliphatic carbocycles. The number of carbonyl (C=O) groups is 1. The summed E-state index contributed by atoms with van der Waals surface area (Å²) in [5.41, 5.74) is 2.67. The van der Waals surface area contributed by atoms with Gasteiger partial charge in [-0.05, 0) is 91.6 Å². The van der Waals surface area contributed by atoms with Crippen LogP contribution in [-0.2, 0) is 4.79 Å². The molecule has 4 aromatic rings. The zero-order chi connectivity index (χ0) is 24.2. The van der Waals surface area contributed by atoms with Crippen molar-refractivity contribution in [3.05, 3.63) is 96.4 Å². The van der Waals surface area contributed by atoms with Gasteiger partial charge in [-0.2, -0.15) is 0 Å². The number of halogens is 1. The third kappa shape index (κ3) is 5.19. The number of nitrogens with one attached hydrogen (secondary N) is 1. The van der Waals surface area contributed by atoms with Gasteiger partial charge in [0.25, 0.3) is 0 Å². The minimum absolute atomic E-state index is 0.00833. The van der Waals surface area contributed by atoms with E-state index < -0.39 is 0 Å². The molecule has 1 aromatic heterocycles. The molecule has 1 heterocycles. The maximum Gasteiger partial charge on any atom is 0.227 e. The lowest BCUT2D eigenvalue weighted by Gasteiger charge is -2.32. The zero-order valence-electron chi connectivity index (χ0n) is 19.8. The highest BCUT2D eigenvalue weighted by Gasteiger charge is 2.30. The van der Waals surface area contributed by atoms with Crippen LogP contribution in [-0.4, -0.2) is 10.9 Å². The minimum Gasteiger partial charge on any atom is -0.455 e. The van der Waals surface area contributed by atoms with Gasteiger partial charge in [-0.25, -0.2) is 4.39 Å². The van der Waals surface area contributed by atoms with Crippen molar-refractivity contribution in [2.24, 2.45) is 11.8 Å². The van der Waals surface area contributed by atoms with E-state index in [0.29, 0.717) is 23.3 Å². The third-order valence-electron chi connectivity index (χ3n) is 7.19. The average molecular weight is 469 g/mol. The first-order valence-electron chi connectivity index (χ1n) is 12.3. The van der Waals surface area contributed by atoms with Crippen LogP contribution in [0.15, 0.2) is 85.1 Å². The largest absolute Gasteiger partial charge is 0.455 e.